The molecule has 0 aliphatic carbocycles. The lowest BCUT2D eigenvalue weighted by Crippen LogP contribution is -2.43. The molecule has 2 N–H and O–H groups in total. The van der Waals surface area contributed by atoms with Crippen molar-refractivity contribution in [3.05, 3.63) is 53.5 Å². The lowest BCUT2D eigenvalue weighted by atomic mass is 10.0. The number of alkyl halides is 2. The van der Waals surface area contributed by atoms with Gasteiger partial charge in [0.1, 0.15) is 12.1 Å². The quantitative estimate of drug-likeness (QED) is 0.564. The number of hydrogen-bond donors (Lipinski definition) is 2. The first-order valence-corrected chi connectivity index (χ1v) is 9.41. The molecule has 1 aromatic carbocycles. The number of hydrazone groups is 1. The molecule has 0 radical (unpaired) electrons. The van der Waals surface area contributed by atoms with E-state index in [0.717, 1.165) is 24.0 Å². The molecule has 0 atom stereocenters. The monoisotopic (exact) mass is 388 g/mol. The van der Waals surface area contributed by atoms with E-state index in [4.69, 9.17) is 0 Å². The topological polar surface area (TPSA) is 65.4 Å². The fourth-order valence-corrected chi connectivity index (χ4v) is 3.29. The van der Waals surface area contributed by atoms with Crippen LogP contribution in [0.4, 0.5) is 14.6 Å². The number of halogens is 2. The Balaban J connectivity index is 1.55. The molecule has 6 nitrogen and oxygen atoms in total. The molecule has 150 valence electrons. The summed E-state index contributed by atoms with van der Waals surface area (Å²) in [5.74, 6) is -2.14. The van der Waals surface area contributed by atoms with Crippen molar-refractivity contribution in [2.24, 2.45) is 5.10 Å². The van der Waals surface area contributed by atoms with Crippen molar-refractivity contribution in [2.45, 2.75) is 31.7 Å². The summed E-state index contributed by atoms with van der Waals surface area (Å²) < 4.78 is 29.2. The number of anilines is 1. The predicted molar refractivity (Wildman–Crippen MR) is 107 cm³/mol. The summed E-state index contributed by atoms with van der Waals surface area (Å²) >= 11 is 0. The van der Waals surface area contributed by atoms with Crippen LogP contribution in [0.1, 0.15) is 29.5 Å². The molecule has 1 fully saturated rings. The molecule has 0 saturated carbocycles. The van der Waals surface area contributed by atoms with E-state index in [0.29, 0.717) is 18.9 Å². The Morgan fingerprint density at radius 2 is 1.96 bits per heavy atom. The molecule has 3 rings (SSSR count). The molecule has 1 aromatic heterocycles. The SMILES string of the molecule is CN/N=C\c1cncnc1NC1CCN(CC(F)(F)c2ccc(C)cc2)CC1. The third kappa shape index (κ3) is 5.22. The minimum absolute atomic E-state index is 0.0767. The minimum Gasteiger partial charge on any atom is -0.367 e. The van der Waals surface area contributed by atoms with Gasteiger partial charge in [-0.25, -0.2) is 9.97 Å². The van der Waals surface area contributed by atoms with Gasteiger partial charge in [0.15, 0.2) is 0 Å². The van der Waals surface area contributed by atoms with Crippen LogP contribution in [0, 0.1) is 6.92 Å². The lowest BCUT2D eigenvalue weighted by Gasteiger charge is -2.34. The highest BCUT2D eigenvalue weighted by molar-refractivity contribution is 5.85. The van der Waals surface area contributed by atoms with Crippen molar-refractivity contribution >= 4 is 12.0 Å². The first-order valence-electron chi connectivity index (χ1n) is 9.41. The lowest BCUT2D eigenvalue weighted by molar-refractivity contribution is -0.0421. The fourth-order valence-electron chi connectivity index (χ4n) is 3.29. The van der Waals surface area contributed by atoms with Crippen LogP contribution in [0.3, 0.4) is 0 Å². The predicted octanol–water partition coefficient (Wildman–Crippen LogP) is 3.01. The average molecular weight is 388 g/mol. The van der Waals surface area contributed by atoms with E-state index in [-0.39, 0.29) is 18.2 Å². The molecule has 0 unspecified atom stereocenters. The van der Waals surface area contributed by atoms with Crippen molar-refractivity contribution in [1.29, 1.82) is 0 Å². The molecule has 0 amide bonds. The van der Waals surface area contributed by atoms with E-state index >= 15 is 0 Å². The Morgan fingerprint density at radius 1 is 1.25 bits per heavy atom. The highest BCUT2D eigenvalue weighted by Crippen LogP contribution is 2.30. The first-order chi connectivity index (χ1) is 13.5. The molecule has 28 heavy (non-hydrogen) atoms. The van der Waals surface area contributed by atoms with E-state index in [1.165, 1.54) is 18.5 Å². The molecule has 0 spiro atoms. The van der Waals surface area contributed by atoms with Crippen molar-refractivity contribution in [3.63, 3.8) is 0 Å². The van der Waals surface area contributed by atoms with Gasteiger partial charge in [0.2, 0.25) is 0 Å². The van der Waals surface area contributed by atoms with Crippen molar-refractivity contribution in [1.82, 2.24) is 20.3 Å². The van der Waals surface area contributed by atoms with Gasteiger partial charge in [-0.05, 0) is 19.8 Å². The Labute approximate surface area is 164 Å². The smallest absolute Gasteiger partial charge is 0.285 e. The van der Waals surface area contributed by atoms with E-state index in [1.54, 1.807) is 31.6 Å². The van der Waals surface area contributed by atoms with Gasteiger partial charge in [-0.15, -0.1) is 0 Å². The average Bonchev–Trinajstić information content (AvgIpc) is 2.69. The summed E-state index contributed by atoms with van der Waals surface area (Å²) in [6.07, 6.45) is 6.37. The number of hydrogen-bond acceptors (Lipinski definition) is 6. The third-order valence-electron chi connectivity index (χ3n) is 4.90. The minimum atomic E-state index is -2.85. The van der Waals surface area contributed by atoms with Crippen LogP contribution in [-0.4, -0.2) is 53.8 Å². The summed E-state index contributed by atoms with van der Waals surface area (Å²) in [6.45, 7) is 2.87. The largest absolute Gasteiger partial charge is 0.367 e. The molecular formula is C20H26F2N6. The van der Waals surface area contributed by atoms with Gasteiger partial charge in [0.05, 0.1) is 18.3 Å². The van der Waals surface area contributed by atoms with Crippen LogP contribution in [0.5, 0.6) is 0 Å². The molecule has 1 aliphatic heterocycles. The maximum absolute atomic E-state index is 14.6. The molecule has 2 aromatic rings. The van der Waals surface area contributed by atoms with E-state index in [9.17, 15) is 8.78 Å². The Kier molecular flexibility index (Phi) is 6.51. The summed E-state index contributed by atoms with van der Waals surface area (Å²) in [7, 11) is 1.72. The number of aromatic nitrogens is 2. The maximum atomic E-state index is 14.6. The number of piperidine rings is 1. The number of nitrogens with zero attached hydrogens (tertiary/aromatic N) is 4. The van der Waals surface area contributed by atoms with E-state index < -0.39 is 5.92 Å². The van der Waals surface area contributed by atoms with Gasteiger partial charge >= 0.3 is 0 Å². The number of benzene rings is 1. The van der Waals surface area contributed by atoms with E-state index in [1.807, 2.05) is 11.8 Å². The van der Waals surface area contributed by atoms with Gasteiger partial charge in [-0.2, -0.15) is 13.9 Å². The summed E-state index contributed by atoms with van der Waals surface area (Å²) in [5, 5.41) is 7.39. The van der Waals surface area contributed by atoms with Crippen molar-refractivity contribution < 1.29 is 8.78 Å². The molecule has 2 heterocycles. The standard InChI is InChI=1S/C20H26F2N6/c1-15-3-5-17(6-4-15)20(21,22)13-28-9-7-18(8-10-28)27-19-16(12-26-23-2)11-24-14-25-19/h3-6,11-12,14,18,23H,7-10,13H2,1-2H3,(H,24,25,27)/b26-12-. The van der Waals surface area contributed by atoms with Crippen LogP contribution in [-0.2, 0) is 5.92 Å². The van der Waals surface area contributed by atoms with Gasteiger partial charge in [0.25, 0.3) is 5.92 Å². The summed E-state index contributed by atoms with van der Waals surface area (Å²) in [6, 6.07) is 6.69. The molecule has 1 aliphatic rings. The summed E-state index contributed by atoms with van der Waals surface area (Å²) in [4.78, 5) is 10.1. The van der Waals surface area contributed by atoms with Crippen LogP contribution in [0.25, 0.3) is 0 Å². The van der Waals surface area contributed by atoms with Gasteiger partial charge in [-0.1, -0.05) is 29.8 Å². The number of rotatable bonds is 7. The zero-order valence-corrected chi connectivity index (χ0v) is 16.2. The van der Waals surface area contributed by atoms with Crippen LogP contribution < -0.4 is 10.7 Å². The molecule has 8 heteroatoms. The number of aryl methyl sites for hydroxylation is 1. The van der Waals surface area contributed by atoms with Crippen molar-refractivity contribution in [2.75, 3.05) is 32.0 Å². The normalized spacial score (nSPS) is 16.4. The highest BCUT2D eigenvalue weighted by Gasteiger charge is 2.35. The second-order valence-corrected chi connectivity index (χ2v) is 7.07. The van der Waals surface area contributed by atoms with Gasteiger partial charge in [0, 0.05) is 37.9 Å². The highest BCUT2D eigenvalue weighted by atomic mass is 19.3. The molecule has 0 bridgehead atoms. The Morgan fingerprint density at radius 3 is 2.64 bits per heavy atom. The van der Waals surface area contributed by atoms with Crippen LogP contribution in [0.2, 0.25) is 0 Å². The molecular weight excluding hydrogens is 362 g/mol. The van der Waals surface area contributed by atoms with Gasteiger partial charge < -0.3 is 10.7 Å². The van der Waals surface area contributed by atoms with Gasteiger partial charge in [-0.3, -0.25) is 4.90 Å². The Bertz CT molecular complexity index is 786. The molecule has 1 saturated heterocycles. The second-order valence-electron chi connectivity index (χ2n) is 7.07. The third-order valence-corrected chi connectivity index (χ3v) is 4.90. The van der Waals surface area contributed by atoms with Crippen LogP contribution >= 0.6 is 0 Å². The zero-order valence-electron chi connectivity index (χ0n) is 16.2. The maximum Gasteiger partial charge on any atom is 0.285 e. The fraction of sp³-hybridized carbons (Fsp3) is 0.450. The number of nitrogens with one attached hydrogen (secondary N) is 2. The Hall–Kier alpha value is -2.61. The second kappa shape index (κ2) is 9.05. The zero-order chi connectivity index (χ0) is 20.0. The van der Waals surface area contributed by atoms with Crippen molar-refractivity contribution in [3.8, 4) is 0 Å². The summed E-state index contributed by atoms with van der Waals surface area (Å²) in [5.41, 5.74) is 4.54. The van der Waals surface area contributed by atoms with Crippen LogP contribution in [0.15, 0.2) is 41.9 Å². The van der Waals surface area contributed by atoms with E-state index in [2.05, 4.69) is 25.8 Å². The number of likely N-dealkylation sites (tertiary alicyclic amines) is 1. The first kappa shape index (κ1) is 20.1.